The summed E-state index contributed by atoms with van der Waals surface area (Å²) < 4.78 is 39.9. The number of carbonyl (C=O) groups excluding carboxylic acids is 1. The highest BCUT2D eigenvalue weighted by Crippen LogP contribution is 2.10. The van der Waals surface area contributed by atoms with Gasteiger partial charge in [-0.05, 0) is 6.42 Å². The second-order valence-electron chi connectivity index (χ2n) is 4.61. The minimum Gasteiger partial charge on any atom is -0.463 e. The zero-order valence-corrected chi connectivity index (χ0v) is 11.8. The van der Waals surface area contributed by atoms with Gasteiger partial charge in [0.1, 0.15) is 12.6 Å². The van der Waals surface area contributed by atoms with Crippen LogP contribution in [0.25, 0.3) is 0 Å². The monoisotopic (exact) mass is 279 g/mol. The number of carbonyl (C=O) groups is 1. The van der Waals surface area contributed by atoms with E-state index < -0.39 is 25.2 Å². The van der Waals surface area contributed by atoms with Crippen LogP contribution in [0.1, 0.15) is 78.0 Å². The quantitative estimate of drug-likeness (QED) is 0.402. The molecule has 0 aliphatic carbocycles. The molecule has 0 fully saturated rings. The van der Waals surface area contributed by atoms with Crippen LogP contribution in [0.4, 0.5) is 0 Å². The summed E-state index contributed by atoms with van der Waals surface area (Å²) >= 11 is 0. The van der Waals surface area contributed by atoms with Gasteiger partial charge in [-0.1, -0.05) is 58.3 Å². The molecular formula is C15H30O4. The lowest BCUT2D eigenvalue weighted by Crippen LogP contribution is -2.21. The minimum absolute atomic E-state index is 0.0835. The van der Waals surface area contributed by atoms with Gasteiger partial charge in [0, 0.05) is 6.42 Å². The average molecular weight is 279 g/mol. The van der Waals surface area contributed by atoms with E-state index in [0.29, 0.717) is 6.42 Å². The van der Waals surface area contributed by atoms with Gasteiger partial charge >= 0.3 is 5.97 Å². The smallest absolute Gasteiger partial charge is 0.305 e. The summed E-state index contributed by atoms with van der Waals surface area (Å²) in [6, 6.07) is 0. The summed E-state index contributed by atoms with van der Waals surface area (Å²) in [5.74, 6) is -0.974. The molecule has 0 radical (unpaired) electrons. The summed E-state index contributed by atoms with van der Waals surface area (Å²) in [6.07, 6.45) is 5.70. The van der Waals surface area contributed by atoms with Crippen LogP contribution in [-0.4, -0.2) is 35.4 Å². The van der Waals surface area contributed by atoms with Crippen molar-refractivity contribution >= 4 is 5.97 Å². The van der Waals surface area contributed by atoms with Crippen molar-refractivity contribution in [1.29, 1.82) is 0 Å². The highest BCUT2D eigenvalue weighted by Gasteiger charge is 2.07. The Morgan fingerprint density at radius 1 is 1.16 bits per heavy atom. The van der Waals surface area contributed by atoms with Crippen molar-refractivity contribution in [3.05, 3.63) is 0 Å². The lowest BCUT2D eigenvalue weighted by Gasteiger charge is -2.08. The van der Waals surface area contributed by atoms with Crippen LogP contribution in [0.5, 0.6) is 0 Å². The largest absolute Gasteiger partial charge is 0.463 e. The van der Waals surface area contributed by atoms with Gasteiger partial charge in [-0.25, -0.2) is 0 Å². The fourth-order valence-corrected chi connectivity index (χ4v) is 1.76. The van der Waals surface area contributed by atoms with Gasteiger partial charge in [-0.15, -0.1) is 0 Å². The lowest BCUT2D eigenvalue weighted by molar-refractivity contribution is -0.147. The van der Waals surface area contributed by atoms with Crippen molar-refractivity contribution in [3.8, 4) is 0 Å². The first-order valence-electron chi connectivity index (χ1n) is 9.62. The molecule has 0 amide bonds. The number of unbranched alkanes of at least 4 members (excludes halogenated alkanes) is 8. The third-order valence-corrected chi connectivity index (χ3v) is 2.85. The summed E-state index contributed by atoms with van der Waals surface area (Å²) in [7, 11) is 0. The predicted octanol–water partition coefficient (Wildman–Crippen LogP) is 2.80. The Labute approximate surface area is 124 Å². The number of hydrogen-bond donors (Lipinski definition) is 2. The maximum absolute atomic E-state index is 11.6. The van der Waals surface area contributed by atoms with Crippen LogP contribution < -0.4 is 0 Å². The van der Waals surface area contributed by atoms with Crippen molar-refractivity contribution in [2.75, 3.05) is 13.1 Å². The zero-order chi connectivity index (χ0) is 18.9. The first-order valence-corrected chi connectivity index (χ1v) is 7.12. The minimum atomic E-state index is -3.62. The highest BCUT2D eigenvalue weighted by atomic mass is 16.5. The van der Waals surface area contributed by atoms with Gasteiger partial charge < -0.3 is 14.9 Å². The molecule has 114 valence electrons. The molecule has 0 aromatic heterocycles. The van der Waals surface area contributed by atoms with Gasteiger partial charge in [0.25, 0.3) is 0 Å². The fourth-order valence-electron chi connectivity index (χ4n) is 1.76. The predicted molar refractivity (Wildman–Crippen MR) is 75.9 cm³/mol. The Hall–Kier alpha value is -0.610. The third-order valence-electron chi connectivity index (χ3n) is 2.85. The molecular weight excluding hydrogens is 244 g/mol. The molecule has 1 unspecified atom stereocenters. The Morgan fingerprint density at radius 2 is 1.68 bits per heavy atom. The highest BCUT2D eigenvalue weighted by molar-refractivity contribution is 5.69. The molecule has 1 atom stereocenters. The molecule has 0 aromatic carbocycles. The van der Waals surface area contributed by atoms with Crippen molar-refractivity contribution in [1.82, 2.24) is 0 Å². The van der Waals surface area contributed by atoms with Crippen molar-refractivity contribution < 1.29 is 26.6 Å². The topological polar surface area (TPSA) is 66.8 Å². The number of ether oxygens (including phenoxy) is 1. The lowest BCUT2D eigenvalue weighted by atomic mass is 10.1. The molecule has 0 bridgehead atoms. The molecule has 2 N–H and O–H groups in total. The van der Waals surface area contributed by atoms with E-state index >= 15 is 0 Å². The molecule has 0 heterocycles. The van der Waals surface area contributed by atoms with Crippen molar-refractivity contribution in [2.24, 2.45) is 0 Å². The van der Waals surface area contributed by atoms with Gasteiger partial charge in [0.05, 0.1) is 13.4 Å². The normalized spacial score (nSPS) is 19.4. The van der Waals surface area contributed by atoms with Gasteiger partial charge in [0.2, 0.25) is 0 Å². The molecule has 4 heteroatoms. The molecule has 0 saturated carbocycles. The summed E-state index contributed by atoms with van der Waals surface area (Å²) in [6.45, 7) is -4.77. The van der Waals surface area contributed by atoms with Crippen molar-refractivity contribution in [3.63, 3.8) is 0 Å². The van der Waals surface area contributed by atoms with Crippen LogP contribution in [0.2, 0.25) is 0 Å². The number of esters is 1. The van der Waals surface area contributed by atoms with Gasteiger partial charge in [-0.2, -0.15) is 0 Å². The number of rotatable bonds is 13. The first kappa shape index (κ1) is 11.1. The summed E-state index contributed by atoms with van der Waals surface area (Å²) in [5, 5.41) is 18.5. The van der Waals surface area contributed by atoms with E-state index in [1.54, 1.807) is 0 Å². The SMILES string of the molecule is [2H]C([2H])(O)C([2H])(O)C([2H])([2H])OC(=O)CCCCCCCCCCC. The Morgan fingerprint density at radius 3 is 2.21 bits per heavy atom. The van der Waals surface area contributed by atoms with Crippen LogP contribution in [0, 0.1) is 0 Å². The van der Waals surface area contributed by atoms with E-state index in [9.17, 15) is 9.90 Å². The van der Waals surface area contributed by atoms with E-state index in [-0.39, 0.29) is 6.42 Å². The molecule has 19 heavy (non-hydrogen) atoms. The van der Waals surface area contributed by atoms with E-state index in [1.807, 2.05) is 0 Å². The van der Waals surface area contributed by atoms with Gasteiger partial charge in [-0.3, -0.25) is 4.79 Å². The number of hydrogen-bond acceptors (Lipinski definition) is 4. The van der Waals surface area contributed by atoms with Gasteiger partial charge in [0.15, 0.2) is 0 Å². The van der Waals surface area contributed by atoms with Crippen molar-refractivity contribution in [2.45, 2.75) is 77.2 Å². The fraction of sp³-hybridized carbons (Fsp3) is 0.933. The molecule has 0 saturated heterocycles. The molecule has 0 aliphatic heterocycles. The number of aliphatic hydroxyl groups is 2. The Kier molecular flexibility index (Phi) is 8.07. The van der Waals surface area contributed by atoms with Crippen LogP contribution in [-0.2, 0) is 9.53 Å². The third kappa shape index (κ3) is 13.6. The molecule has 0 spiro atoms. The van der Waals surface area contributed by atoms with E-state index in [0.717, 1.165) is 25.7 Å². The average Bonchev–Trinajstić information content (AvgIpc) is 2.43. The summed E-state index contributed by atoms with van der Waals surface area (Å²) in [4.78, 5) is 11.6. The zero-order valence-electron chi connectivity index (χ0n) is 16.8. The summed E-state index contributed by atoms with van der Waals surface area (Å²) in [5.41, 5.74) is 0. The Bertz CT molecular complexity index is 369. The van der Waals surface area contributed by atoms with Crippen LogP contribution >= 0.6 is 0 Å². The second-order valence-corrected chi connectivity index (χ2v) is 4.61. The Balaban J connectivity index is 3.98. The van der Waals surface area contributed by atoms with E-state index in [4.69, 9.17) is 12.0 Å². The van der Waals surface area contributed by atoms with Crippen LogP contribution in [0.3, 0.4) is 0 Å². The maximum atomic E-state index is 11.6. The molecule has 0 rings (SSSR count). The molecule has 4 nitrogen and oxygen atoms in total. The standard InChI is InChI=1S/C15H30O4/c1-2-3-4-5-6-7-8-9-10-11-15(18)19-13-14(17)12-16/h14,16-17H,2-13H2,1H3/i12D2,13D2,14D. The maximum Gasteiger partial charge on any atom is 0.305 e. The molecule has 0 aliphatic rings. The molecule has 0 aromatic rings. The second kappa shape index (κ2) is 13.8. The first-order chi connectivity index (χ1) is 11.0. The van der Waals surface area contributed by atoms with Crippen LogP contribution in [0.15, 0.2) is 0 Å². The van der Waals surface area contributed by atoms with E-state index in [1.165, 1.54) is 25.7 Å². The van der Waals surface area contributed by atoms with E-state index in [2.05, 4.69) is 11.7 Å².